The van der Waals surface area contributed by atoms with Gasteiger partial charge in [-0.1, -0.05) is 54.6 Å². The van der Waals surface area contributed by atoms with E-state index in [1.807, 2.05) is 18.2 Å². The number of nitrogens with one attached hydrogen (secondary N) is 1. The van der Waals surface area contributed by atoms with Crippen molar-refractivity contribution >= 4 is 22.6 Å². The molecule has 0 saturated carbocycles. The Kier molecular flexibility index (Phi) is 6.13. The minimum atomic E-state index is 0.561. The minimum absolute atomic E-state index is 0.561. The molecule has 0 aliphatic heterocycles. The SMILES string of the molecule is COc1ccccc1CNC(CI)C(C)C. The molecule has 1 aromatic rings. The van der Waals surface area contributed by atoms with Crippen LogP contribution < -0.4 is 10.1 Å². The summed E-state index contributed by atoms with van der Waals surface area (Å²) in [5, 5.41) is 3.57. The second-order valence-corrected chi connectivity index (χ2v) is 5.08. The van der Waals surface area contributed by atoms with Crippen molar-refractivity contribution in [2.75, 3.05) is 11.5 Å². The predicted molar refractivity (Wildman–Crippen MR) is 77.3 cm³/mol. The Bertz CT molecular complexity index is 315. The van der Waals surface area contributed by atoms with Gasteiger partial charge in [-0.25, -0.2) is 0 Å². The molecular weight excluding hydrogens is 313 g/mol. The minimum Gasteiger partial charge on any atom is -0.496 e. The van der Waals surface area contributed by atoms with E-state index < -0.39 is 0 Å². The molecule has 1 N–H and O–H groups in total. The van der Waals surface area contributed by atoms with Crippen LogP contribution in [0.1, 0.15) is 19.4 Å². The maximum Gasteiger partial charge on any atom is 0.123 e. The Morgan fingerprint density at radius 3 is 2.56 bits per heavy atom. The monoisotopic (exact) mass is 333 g/mol. The Morgan fingerprint density at radius 2 is 2.00 bits per heavy atom. The van der Waals surface area contributed by atoms with Gasteiger partial charge in [0.05, 0.1) is 7.11 Å². The molecule has 0 aliphatic rings. The fourth-order valence-corrected chi connectivity index (χ4v) is 2.89. The fraction of sp³-hybridized carbons (Fsp3) is 0.538. The molecule has 1 aromatic carbocycles. The molecule has 90 valence electrons. The lowest BCUT2D eigenvalue weighted by molar-refractivity contribution is 0.398. The third-order valence-electron chi connectivity index (χ3n) is 2.72. The van der Waals surface area contributed by atoms with Gasteiger partial charge in [0.15, 0.2) is 0 Å². The molecule has 0 heterocycles. The summed E-state index contributed by atoms with van der Waals surface area (Å²) in [5.74, 6) is 1.62. The first-order valence-electron chi connectivity index (χ1n) is 5.60. The van der Waals surface area contributed by atoms with Crippen molar-refractivity contribution in [1.29, 1.82) is 0 Å². The quantitative estimate of drug-likeness (QED) is 0.637. The highest BCUT2D eigenvalue weighted by molar-refractivity contribution is 14.1. The number of para-hydroxylation sites is 1. The standard InChI is InChI=1S/C13H20INO/c1-10(2)12(8-14)15-9-11-6-4-5-7-13(11)16-3/h4-7,10,12,15H,8-9H2,1-3H3. The van der Waals surface area contributed by atoms with E-state index in [1.165, 1.54) is 5.56 Å². The van der Waals surface area contributed by atoms with Gasteiger partial charge >= 0.3 is 0 Å². The first kappa shape index (κ1) is 13.8. The summed E-state index contributed by atoms with van der Waals surface area (Å²) in [6, 6.07) is 8.72. The Labute approximate surface area is 112 Å². The van der Waals surface area contributed by atoms with Crippen LogP contribution in [0.15, 0.2) is 24.3 Å². The van der Waals surface area contributed by atoms with Gasteiger partial charge in [0.2, 0.25) is 0 Å². The Balaban J connectivity index is 2.59. The molecule has 2 nitrogen and oxygen atoms in total. The summed E-state index contributed by atoms with van der Waals surface area (Å²) in [4.78, 5) is 0. The van der Waals surface area contributed by atoms with Gasteiger partial charge in [-0.2, -0.15) is 0 Å². The van der Waals surface area contributed by atoms with Crippen molar-refractivity contribution in [3.05, 3.63) is 29.8 Å². The number of benzene rings is 1. The number of hydrogen-bond acceptors (Lipinski definition) is 2. The van der Waals surface area contributed by atoms with Crippen molar-refractivity contribution in [1.82, 2.24) is 5.32 Å². The van der Waals surface area contributed by atoms with Crippen LogP contribution in [0.2, 0.25) is 0 Å². The Morgan fingerprint density at radius 1 is 1.31 bits per heavy atom. The molecule has 1 unspecified atom stereocenters. The maximum atomic E-state index is 5.33. The molecule has 0 aliphatic carbocycles. The van der Waals surface area contributed by atoms with Gasteiger partial charge < -0.3 is 10.1 Å². The normalized spacial score (nSPS) is 12.8. The molecule has 0 saturated heterocycles. The fourth-order valence-electron chi connectivity index (χ4n) is 1.56. The van der Waals surface area contributed by atoms with Crippen molar-refractivity contribution in [2.45, 2.75) is 26.4 Å². The molecular formula is C13H20INO. The average Bonchev–Trinajstić information content (AvgIpc) is 2.30. The van der Waals surface area contributed by atoms with Crippen LogP contribution in [0.3, 0.4) is 0 Å². The molecule has 16 heavy (non-hydrogen) atoms. The van der Waals surface area contributed by atoms with Gasteiger partial charge in [-0.05, 0) is 12.0 Å². The zero-order valence-corrected chi connectivity index (χ0v) is 12.3. The van der Waals surface area contributed by atoms with E-state index in [9.17, 15) is 0 Å². The lowest BCUT2D eigenvalue weighted by Gasteiger charge is -2.20. The van der Waals surface area contributed by atoms with Gasteiger partial charge in [-0.15, -0.1) is 0 Å². The van der Waals surface area contributed by atoms with Crippen molar-refractivity contribution in [2.24, 2.45) is 5.92 Å². The lowest BCUT2D eigenvalue weighted by atomic mass is 10.1. The van der Waals surface area contributed by atoms with E-state index in [0.29, 0.717) is 12.0 Å². The topological polar surface area (TPSA) is 21.3 Å². The predicted octanol–water partition coefficient (Wildman–Crippen LogP) is 3.24. The molecule has 0 amide bonds. The van der Waals surface area contributed by atoms with Crippen molar-refractivity contribution < 1.29 is 4.74 Å². The van der Waals surface area contributed by atoms with Gasteiger partial charge in [-0.3, -0.25) is 0 Å². The summed E-state index contributed by atoms with van der Waals surface area (Å²) in [5.41, 5.74) is 1.22. The molecule has 1 atom stereocenters. The average molecular weight is 333 g/mol. The Hall–Kier alpha value is -0.290. The van der Waals surface area contributed by atoms with E-state index in [1.54, 1.807) is 7.11 Å². The molecule has 0 radical (unpaired) electrons. The third-order valence-corrected chi connectivity index (χ3v) is 3.67. The molecule has 3 heteroatoms. The number of ether oxygens (including phenoxy) is 1. The van der Waals surface area contributed by atoms with Crippen LogP contribution >= 0.6 is 22.6 Å². The summed E-state index contributed by atoms with van der Waals surface area (Å²) < 4.78 is 6.46. The molecule has 0 aromatic heterocycles. The van der Waals surface area contributed by atoms with Gasteiger partial charge in [0.25, 0.3) is 0 Å². The number of hydrogen-bond donors (Lipinski definition) is 1. The number of alkyl halides is 1. The van der Waals surface area contributed by atoms with Gasteiger partial charge in [0.1, 0.15) is 5.75 Å². The maximum absolute atomic E-state index is 5.33. The highest BCUT2D eigenvalue weighted by Gasteiger charge is 2.11. The highest BCUT2D eigenvalue weighted by atomic mass is 127. The van der Waals surface area contributed by atoms with E-state index in [-0.39, 0.29) is 0 Å². The van der Waals surface area contributed by atoms with Crippen LogP contribution in [0.5, 0.6) is 5.75 Å². The van der Waals surface area contributed by atoms with Crippen molar-refractivity contribution in [3.8, 4) is 5.75 Å². The van der Waals surface area contributed by atoms with Crippen LogP contribution in [-0.2, 0) is 6.54 Å². The van der Waals surface area contributed by atoms with Crippen LogP contribution in [0.25, 0.3) is 0 Å². The van der Waals surface area contributed by atoms with E-state index in [4.69, 9.17) is 4.74 Å². The van der Waals surface area contributed by atoms with Crippen LogP contribution in [0.4, 0.5) is 0 Å². The summed E-state index contributed by atoms with van der Waals surface area (Å²) in [6.45, 7) is 5.37. The van der Waals surface area contributed by atoms with E-state index in [0.717, 1.165) is 16.7 Å². The molecule has 0 spiro atoms. The first-order valence-corrected chi connectivity index (χ1v) is 7.12. The summed E-state index contributed by atoms with van der Waals surface area (Å²) >= 11 is 2.43. The molecule has 1 rings (SSSR count). The van der Waals surface area contributed by atoms with Crippen LogP contribution in [-0.4, -0.2) is 17.6 Å². The lowest BCUT2D eigenvalue weighted by Crippen LogP contribution is -2.34. The largest absolute Gasteiger partial charge is 0.496 e. The molecule has 0 fully saturated rings. The van der Waals surface area contributed by atoms with E-state index >= 15 is 0 Å². The zero-order valence-electron chi connectivity index (χ0n) is 10.2. The number of halogens is 1. The smallest absolute Gasteiger partial charge is 0.123 e. The summed E-state index contributed by atoms with van der Waals surface area (Å²) in [6.07, 6.45) is 0. The highest BCUT2D eigenvalue weighted by Crippen LogP contribution is 2.17. The van der Waals surface area contributed by atoms with Crippen molar-refractivity contribution in [3.63, 3.8) is 0 Å². The first-order chi connectivity index (χ1) is 7.69. The second kappa shape index (κ2) is 7.12. The zero-order chi connectivity index (χ0) is 12.0. The van der Waals surface area contributed by atoms with Crippen LogP contribution in [0, 0.1) is 5.92 Å². The number of methoxy groups -OCH3 is 1. The summed E-state index contributed by atoms with van der Waals surface area (Å²) in [7, 11) is 1.72. The van der Waals surface area contributed by atoms with E-state index in [2.05, 4.69) is 47.8 Å². The molecule has 0 bridgehead atoms. The number of rotatable bonds is 6. The third kappa shape index (κ3) is 3.94. The van der Waals surface area contributed by atoms with Gasteiger partial charge in [0, 0.05) is 22.6 Å². The second-order valence-electron chi connectivity index (χ2n) is 4.20.